The molecule has 4 heteroatoms. The number of likely N-dealkylation sites (tertiary alicyclic amines) is 1. The van der Waals surface area contributed by atoms with E-state index in [0.29, 0.717) is 0 Å². The van der Waals surface area contributed by atoms with Crippen LogP contribution in [0.4, 0.5) is 10.5 Å². The number of para-hydroxylation sites is 1. The average Bonchev–Trinajstić information content (AvgIpc) is 2.34. The summed E-state index contributed by atoms with van der Waals surface area (Å²) in [6.45, 7) is 5.87. The number of nitrogens with one attached hydrogen (secondary N) is 1. The number of amides is 1. The first-order valence-electron chi connectivity index (χ1n) is 6.78. The number of piperidine rings is 1. The molecule has 0 aromatic heterocycles. The summed E-state index contributed by atoms with van der Waals surface area (Å²) in [6.07, 6.45) is 1.68. The molecule has 0 saturated carbocycles. The minimum Gasteiger partial charge on any atom is -0.445 e. The highest BCUT2D eigenvalue weighted by Gasteiger charge is 2.21. The largest absolute Gasteiger partial charge is 0.445 e. The lowest BCUT2D eigenvalue weighted by Gasteiger charge is -2.29. The van der Waals surface area contributed by atoms with Gasteiger partial charge in [-0.3, -0.25) is 5.32 Å². The predicted molar refractivity (Wildman–Crippen MR) is 76.5 cm³/mol. The first-order chi connectivity index (χ1) is 9.06. The van der Waals surface area contributed by atoms with E-state index in [4.69, 9.17) is 4.74 Å². The van der Waals surface area contributed by atoms with Crippen molar-refractivity contribution in [3.63, 3.8) is 0 Å². The van der Waals surface area contributed by atoms with Crippen molar-refractivity contribution in [2.75, 3.05) is 25.5 Å². The second-order valence-electron chi connectivity index (χ2n) is 5.32. The van der Waals surface area contributed by atoms with Crippen LogP contribution < -0.4 is 5.32 Å². The Labute approximate surface area is 114 Å². The highest BCUT2D eigenvalue weighted by atomic mass is 16.6. The standard InChI is InChI=1S/C15H22N2O2/c1-11-6-4-7-12(2)14(11)16-15(18)19-13-8-5-9-17(3)10-13/h4,6-7,13H,5,8-10H2,1-3H3,(H,16,18)/t13-/m0/s1. The van der Waals surface area contributed by atoms with Crippen LogP contribution in [0, 0.1) is 13.8 Å². The molecule has 1 heterocycles. The molecule has 1 atom stereocenters. The SMILES string of the molecule is Cc1cccc(C)c1NC(=O)O[C@H]1CCCN(C)C1. The Balaban J connectivity index is 1.94. The van der Waals surface area contributed by atoms with Gasteiger partial charge in [0.2, 0.25) is 0 Å². The Hall–Kier alpha value is -1.55. The summed E-state index contributed by atoms with van der Waals surface area (Å²) in [6, 6.07) is 5.95. The van der Waals surface area contributed by atoms with E-state index in [1.807, 2.05) is 32.0 Å². The Morgan fingerprint density at radius 3 is 2.68 bits per heavy atom. The Morgan fingerprint density at radius 1 is 1.37 bits per heavy atom. The molecule has 4 nitrogen and oxygen atoms in total. The fourth-order valence-electron chi connectivity index (χ4n) is 2.51. The van der Waals surface area contributed by atoms with E-state index in [1.165, 1.54) is 0 Å². The lowest BCUT2D eigenvalue weighted by molar-refractivity contribution is 0.0593. The van der Waals surface area contributed by atoms with Crippen molar-refractivity contribution in [1.82, 2.24) is 4.90 Å². The van der Waals surface area contributed by atoms with Gasteiger partial charge in [0.15, 0.2) is 0 Å². The number of hydrogen-bond donors (Lipinski definition) is 1. The van der Waals surface area contributed by atoms with Crippen LogP contribution in [-0.2, 0) is 4.74 Å². The van der Waals surface area contributed by atoms with Gasteiger partial charge in [0, 0.05) is 12.2 Å². The Bertz CT molecular complexity index is 439. The number of anilines is 1. The van der Waals surface area contributed by atoms with Gasteiger partial charge in [-0.25, -0.2) is 4.79 Å². The third-order valence-corrected chi connectivity index (χ3v) is 3.56. The number of carbonyl (C=O) groups excluding carboxylic acids is 1. The summed E-state index contributed by atoms with van der Waals surface area (Å²) < 4.78 is 5.48. The monoisotopic (exact) mass is 262 g/mol. The summed E-state index contributed by atoms with van der Waals surface area (Å²) in [4.78, 5) is 14.1. The molecule has 1 fully saturated rings. The van der Waals surface area contributed by atoms with Crippen LogP contribution in [0.15, 0.2) is 18.2 Å². The van der Waals surface area contributed by atoms with Gasteiger partial charge in [-0.2, -0.15) is 0 Å². The summed E-state index contributed by atoms with van der Waals surface area (Å²) in [5, 5.41) is 2.86. The molecular formula is C15H22N2O2. The zero-order chi connectivity index (χ0) is 13.8. The lowest BCUT2D eigenvalue weighted by atomic mass is 10.1. The molecule has 1 N–H and O–H groups in total. The third-order valence-electron chi connectivity index (χ3n) is 3.56. The quantitative estimate of drug-likeness (QED) is 0.891. The highest BCUT2D eigenvalue weighted by Crippen LogP contribution is 2.20. The minimum absolute atomic E-state index is 0.00285. The minimum atomic E-state index is -0.349. The van der Waals surface area contributed by atoms with Crippen molar-refractivity contribution in [3.05, 3.63) is 29.3 Å². The maximum atomic E-state index is 11.9. The number of carbonyl (C=O) groups is 1. The average molecular weight is 262 g/mol. The van der Waals surface area contributed by atoms with Gasteiger partial charge in [-0.1, -0.05) is 18.2 Å². The van der Waals surface area contributed by atoms with E-state index in [9.17, 15) is 4.79 Å². The molecule has 1 aromatic carbocycles. The Kier molecular flexibility index (Phi) is 4.43. The number of benzene rings is 1. The molecule has 1 aliphatic heterocycles. The fourth-order valence-corrected chi connectivity index (χ4v) is 2.51. The van der Waals surface area contributed by atoms with Crippen molar-refractivity contribution < 1.29 is 9.53 Å². The number of likely N-dealkylation sites (N-methyl/N-ethyl adjacent to an activating group) is 1. The molecule has 0 aliphatic carbocycles. The van der Waals surface area contributed by atoms with Gasteiger partial charge in [-0.15, -0.1) is 0 Å². The van der Waals surface area contributed by atoms with Crippen LogP contribution in [0.3, 0.4) is 0 Å². The van der Waals surface area contributed by atoms with Crippen LogP contribution in [-0.4, -0.2) is 37.2 Å². The first kappa shape index (κ1) is 13.9. The molecule has 0 spiro atoms. The lowest BCUT2D eigenvalue weighted by Crippen LogP contribution is -2.38. The van der Waals surface area contributed by atoms with Gasteiger partial charge in [0.25, 0.3) is 0 Å². The second kappa shape index (κ2) is 6.06. The molecule has 1 aliphatic rings. The molecule has 1 saturated heterocycles. The molecule has 104 valence electrons. The molecule has 1 aromatic rings. The zero-order valence-electron chi connectivity index (χ0n) is 11.9. The van der Waals surface area contributed by atoms with Gasteiger partial charge in [-0.05, 0) is 51.4 Å². The number of ether oxygens (including phenoxy) is 1. The second-order valence-corrected chi connectivity index (χ2v) is 5.32. The van der Waals surface area contributed by atoms with E-state index >= 15 is 0 Å². The van der Waals surface area contributed by atoms with Gasteiger partial charge >= 0.3 is 6.09 Å². The number of aryl methyl sites for hydroxylation is 2. The van der Waals surface area contributed by atoms with Crippen LogP contribution in [0.5, 0.6) is 0 Å². The molecule has 1 amide bonds. The van der Waals surface area contributed by atoms with E-state index in [1.54, 1.807) is 0 Å². The fraction of sp³-hybridized carbons (Fsp3) is 0.533. The van der Waals surface area contributed by atoms with Crippen molar-refractivity contribution >= 4 is 11.8 Å². The van der Waals surface area contributed by atoms with E-state index in [0.717, 1.165) is 42.7 Å². The molecule has 0 bridgehead atoms. The summed E-state index contributed by atoms with van der Waals surface area (Å²) in [7, 11) is 2.05. The van der Waals surface area contributed by atoms with Crippen molar-refractivity contribution in [2.24, 2.45) is 0 Å². The molecule has 0 unspecified atom stereocenters. The first-order valence-corrected chi connectivity index (χ1v) is 6.78. The Morgan fingerprint density at radius 2 is 2.05 bits per heavy atom. The summed E-state index contributed by atoms with van der Waals surface area (Å²) in [5.41, 5.74) is 2.96. The molecule has 2 rings (SSSR count). The van der Waals surface area contributed by atoms with Crippen LogP contribution in [0.1, 0.15) is 24.0 Å². The number of hydrogen-bond acceptors (Lipinski definition) is 3. The number of nitrogens with zero attached hydrogens (tertiary/aromatic N) is 1. The predicted octanol–water partition coefficient (Wildman–Crippen LogP) is 2.95. The molecule has 0 radical (unpaired) electrons. The van der Waals surface area contributed by atoms with E-state index in [-0.39, 0.29) is 12.2 Å². The van der Waals surface area contributed by atoms with Crippen LogP contribution in [0.2, 0.25) is 0 Å². The maximum absolute atomic E-state index is 11.9. The highest BCUT2D eigenvalue weighted by molar-refractivity contribution is 5.86. The van der Waals surface area contributed by atoms with Crippen molar-refractivity contribution in [3.8, 4) is 0 Å². The van der Waals surface area contributed by atoms with Gasteiger partial charge < -0.3 is 9.64 Å². The van der Waals surface area contributed by atoms with Gasteiger partial charge in [0.05, 0.1) is 0 Å². The summed E-state index contributed by atoms with van der Waals surface area (Å²) in [5.74, 6) is 0. The molecule has 19 heavy (non-hydrogen) atoms. The third kappa shape index (κ3) is 3.70. The molecular weight excluding hydrogens is 240 g/mol. The zero-order valence-corrected chi connectivity index (χ0v) is 11.9. The maximum Gasteiger partial charge on any atom is 0.411 e. The normalized spacial score (nSPS) is 20.1. The number of rotatable bonds is 2. The van der Waals surface area contributed by atoms with Crippen LogP contribution >= 0.6 is 0 Å². The summed E-state index contributed by atoms with van der Waals surface area (Å²) >= 11 is 0. The smallest absolute Gasteiger partial charge is 0.411 e. The van der Waals surface area contributed by atoms with Gasteiger partial charge in [0.1, 0.15) is 6.10 Å². The topological polar surface area (TPSA) is 41.6 Å². The van der Waals surface area contributed by atoms with Crippen molar-refractivity contribution in [1.29, 1.82) is 0 Å². The van der Waals surface area contributed by atoms with E-state index < -0.39 is 0 Å². The van der Waals surface area contributed by atoms with Crippen molar-refractivity contribution in [2.45, 2.75) is 32.8 Å². The van der Waals surface area contributed by atoms with E-state index in [2.05, 4.69) is 17.3 Å². The van der Waals surface area contributed by atoms with Crippen LogP contribution in [0.25, 0.3) is 0 Å².